The maximum atomic E-state index is 14.8. The van der Waals surface area contributed by atoms with Gasteiger partial charge in [-0.15, -0.1) is 0 Å². The van der Waals surface area contributed by atoms with Crippen LogP contribution < -0.4 is 16.4 Å². The van der Waals surface area contributed by atoms with Crippen molar-refractivity contribution in [3.8, 4) is 11.3 Å². The Hall–Kier alpha value is -3.28. The number of nitrogen functional groups attached to an aromatic ring is 1. The molecule has 0 saturated carbocycles. The zero-order valence-electron chi connectivity index (χ0n) is 16.1. The number of nitrogens with one attached hydrogen (secondary N) is 2. The van der Waals surface area contributed by atoms with Crippen molar-refractivity contribution in [2.24, 2.45) is 0 Å². The third-order valence-electron chi connectivity index (χ3n) is 5.18. The number of nitrogens with zero attached hydrogens (tertiary/aromatic N) is 3. The number of halogens is 5. The minimum atomic E-state index is -4.80. The predicted molar refractivity (Wildman–Crippen MR) is 102 cm³/mol. The Balaban J connectivity index is 1.84. The molecule has 12 heteroatoms. The molecule has 2 atom stereocenters. The molecule has 4 rings (SSSR count). The number of carbonyl (C=O) groups excluding carboxylic acids is 1. The first-order chi connectivity index (χ1) is 14.6. The largest absolute Gasteiger partial charge is 0.418 e. The summed E-state index contributed by atoms with van der Waals surface area (Å²) in [5.41, 5.74) is 3.66. The Kier molecular flexibility index (Phi) is 5.04. The van der Waals surface area contributed by atoms with Gasteiger partial charge in [-0.1, -0.05) is 0 Å². The van der Waals surface area contributed by atoms with Crippen molar-refractivity contribution in [2.75, 3.05) is 18.8 Å². The summed E-state index contributed by atoms with van der Waals surface area (Å²) in [5, 5.41) is 9.11. The zero-order chi connectivity index (χ0) is 22.5. The van der Waals surface area contributed by atoms with E-state index in [2.05, 4.69) is 20.7 Å². The van der Waals surface area contributed by atoms with Gasteiger partial charge in [0.1, 0.15) is 23.8 Å². The standard InChI is InChI=1S/C19H17F5N6O/c1-8-2-12(20)10(3-9(8)18(31)29-14-6-26-5-13(14)21)15-4-11(19(22,23)24)16-17(25)27-7-28-30(15)16/h2-4,7,13-14,26H,5-6H2,1H3,(H,29,31)(H2,25,27,28)/t13-,14+/m0/s1. The molecule has 164 valence electrons. The van der Waals surface area contributed by atoms with Crippen LogP contribution in [0.3, 0.4) is 0 Å². The molecule has 0 radical (unpaired) electrons. The maximum Gasteiger partial charge on any atom is 0.418 e. The van der Waals surface area contributed by atoms with Crippen molar-refractivity contribution in [1.29, 1.82) is 0 Å². The molecule has 1 amide bonds. The highest BCUT2D eigenvalue weighted by Crippen LogP contribution is 2.39. The number of aryl methyl sites for hydroxylation is 1. The second kappa shape index (κ2) is 7.45. The molecule has 7 nitrogen and oxygen atoms in total. The second-order valence-electron chi connectivity index (χ2n) is 7.25. The summed E-state index contributed by atoms with van der Waals surface area (Å²) < 4.78 is 70.1. The first kappa shape index (κ1) is 21.0. The van der Waals surface area contributed by atoms with Crippen LogP contribution in [0.1, 0.15) is 21.5 Å². The number of hydrogen-bond acceptors (Lipinski definition) is 5. The van der Waals surface area contributed by atoms with Crippen LogP contribution in [0.25, 0.3) is 16.8 Å². The number of nitrogens with two attached hydrogens (primary N) is 1. The fourth-order valence-corrected chi connectivity index (χ4v) is 3.62. The Morgan fingerprint density at radius 3 is 2.68 bits per heavy atom. The number of benzene rings is 1. The van der Waals surface area contributed by atoms with E-state index in [1.165, 1.54) is 6.92 Å². The van der Waals surface area contributed by atoms with Crippen LogP contribution >= 0.6 is 0 Å². The molecule has 0 aliphatic carbocycles. The number of anilines is 1. The number of fused-ring (bicyclic) bond motifs is 1. The molecule has 0 bridgehead atoms. The van der Waals surface area contributed by atoms with E-state index >= 15 is 0 Å². The first-order valence-electron chi connectivity index (χ1n) is 9.23. The van der Waals surface area contributed by atoms with E-state index in [0.29, 0.717) is 6.07 Å². The Bertz CT molecular complexity index is 1170. The van der Waals surface area contributed by atoms with Gasteiger partial charge in [0.05, 0.1) is 17.3 Å². The van der Waals surface area contributed by atoms with E-state index < -0.39 is 47.0 Å². The lowest BCUT2D eigenvalue weighted by molar-refractivity contribution is -0.136. The normalized spacial score (nSPS) is 19.2. The van der Waals surface area contributed by atoms with Crippen molar-refractivity contribution in [2.45, 2.75) is 25.3 Å². The molecule has 31 heavy (non-hydrogen) atoms. The molecule has 0 unspecified atom stereocenters. The predicted octanol–water partition coefficient (Wildman–Crippen LogP) is 2.48. The van der Waals surface area contributed by atoms with Gasteiger partial charge in [0.15, 0.2) is 5.82 Å². The van der Waals surface area contributed by atoms with Gasteiger partial charge in [-0.3, -0.25) is 4.79 Å². The van der Waals surface area contributed by atoms with Crippen molar-refractivity contribution in [3.63, 3.8) is 0 Å². The molecule has 1 aliphatic rings. The van der Waals surface area contributed by atoms with Gasteiger partial charge in [0.25, 0.3) is 5.91 Å². The minimum Gasteiger partial charge on any atom is -0.382 e. The fourth-order valence-electron chi connectivity index (χ4n) is 3.62. The lowest BCUT2D eigenvalue weighted by Gasteiger charge is -2.16. The number of hydrogen-bond donors (Lipinski definition) is 3. The Morgan fingerprint density at radius 2 is 2.03 bits per heavy atom. The molecule has 3 heterocycles. The average molecular weight is 440 g/mol. The summed E-state index contributed by atoms with van der Waals surface area (Å²) in [6.45, 7) is 1.80. The highest BCUT2D eigenvalue weighted by Gasteiger charge is 2.37. The fraction of sp³-hybridized carbons (Fsp3) is 0.316. The number of alkyl halides is 4. The van der Waals surface area contributed by atoms with Gasteiger partial charge < -0.3 is 16.4 Å². The Labute approximate surface area is 172 Å². The van der Waals surface area contributed by atoms with Crippen LogP contribution in [-0.4, -0.2) is 45.8 Å². The van der Waals surface area contributed by atoms with Crippen molar-refractivity contribution in [3.05, 3.63) is 47.0 Å². The highest BCUT2D eigenvalue weighted by atomic mass is 19.4. The summed E-state index contributed by atoms with van der Waals surface area (Å²) >= 11 is 0. The summed E-state index contributed by atoms with van der Waals surface area (Å²) in [6.07, 6.45) is -5.14. The van der Waals surface area contributed by atoms with Gasteiger partial charge in [0, 0.05) is 24.2 Å². The lowest BCUT2D eigenvalue weighted by atomic mass is 10.0. The first-order valence-corrected chi connectivity index (χ1v) is 9.23. The van der Waals surface area contributed by atoms with E-state index in [9.17, 15) is 26.7 Å². The van der Waals surface area contributed by atoms with Crippen LogP contribution in [0, 0.1) is 12.7 Å². The van der Waals surface area contributed by atoms with Crippen LogP contribution in [0.2, 0.25) is 0 Å². The molecule has 1 fully saturated rings. The smallest absolute Gasteiger partial charge is 0.382 e. The summed E-state index contributed by atoms with van der Waals surface area (Å²) in [6, 6.07) is 2.09. The quantitative estimate of drug-likeness (QED) is 0.544. The minimum absolute atomic E-state index is 0.000960. The second-order valence-corrected chi connectivity index (χ2v) is 7.25. The van der Waals surface area contributed by atoms with Crippen molar-refractivity contribution in [1.82, 2.24) is 25.2 Å². The molecule has 1 aliphatic heterocycles. The van der Waals surface area contributed by atoms with Crippen LogP contribution in [-0.2, 0) is 6.18 Å². The monoisotopic (exact) mass is 440 g/mol. The molecule has 1 aromatic carbocycles. The number of aromatic nitrogens is 3. The summed E-state index contributed by atoms with van der Waals surface area (Å²) in [7, 11) is 0. The van der Waals surface area contributed by atoms with Gasteiger partial charge in [-0.05, 0) is 30.7 Å². The molecule has 4 N–H and O–H groups in total. The molecular formula is C19H17F5N6O. The van der Waals surface area contributed by atoms with Crippen LogP contribution in [0.5, 0.6) is 0 Å². The van der Waals surface area contributed by atoms with E-state index in [4.69, 9.17) is 5.73 Å². The van der Waals surface area contributed by atoms with E-state index in [-0.39, 0.29) is 35.5 Å². The average Bonchev–Trinajstić information content (AvgIpc) is 3.26. The van der Waals surface area contributed by atoms with E-state index in [0.717, 1.165) is 23.0 Å². The van der Waals surface area contributed by atoms with Gasteiger partial charge in [-0.2, -0.15) is 18.3 Å². The van der Waals surface area contributed by atoms with Crippen LogP contribution in [0.4, 0.5) is 27.8 Å². The molecule has 1 saturated heterocycles. The number of rotatable bonds is 3. The van der Waals surface area contributed by atoms with E-state index in [1.807, 2.05) is 0 Å². The SMILES string of the molecule is Cc1cc(F)c(-c2cc(C(F)(F)F)c3c(N)ncnn23)cc1C(=O)N[C@@H]1CNC[C@@H]1F. The summed E-state index contributed by atoms with van der Waals surface area (Å²) in [5.74, 6) is -1.95. The zero-order valence-corrected chi connectivity index (χ0v) is 16.1. The lowest BCUT2D eigenvalue weighted by Crippen LogP contribution is -2.41. The summed E-state index contributed by atoms with van der Waals surface area (Å²) in [4.78, 5) is 16.3. The molecule has 2 aromatic heterocycles. The topological polar surface area (TPSA) is 97.3 Å². The highest BCUT2D eigenvalue weighted by molar-refractivity contribution is 5.97. The van der Waals surface area contributed by atoms with Crippen molar-refractivity contribution < 1.29 is 26.7 Å². The van der Waals surface area contributed by atoms with Gasteiger partial charge in [0.2, 0.25) is 0 Å². The van der Waals surface area contributed by atoms with Crippen molar-refractivity contribution >= 4 is 17.2 Å². The van der Waals surface area contributed by atoms with Gasteiger partial charge in [-0.25, -0.2) is 18.3 Å². The number of carbonyl (C=O) groups is 1. The molecule has 0 spiro atoms. The Morgan fingerprint density at radius 1 is 1.29 bits per heavy atom. The number of amides is 1. The third kappa shape index (κ3) is 3.67. The van der Waals surface area contributed by atoms with Gasteiger partial charge >= 0.3 is 6.18 Å². The van der Waals surface area contributed by atoms with E-state index in [1.54, 1.807) is 0 Å². The third-order valence-corrected chi connectivity index (χ3v) is 5.18. The molecule has 3 aromatic rings. The van der Waals surface area contributed by atoms with Crippen LogP contribution in [0.15, 0.2) is 24.5 Å². The maximum absolute atomic E-state index is 14.8. The molecular weight excluding hydrogens is 423 g/mol.